The second kappa shape index (κ2) is 11.8. The first-order valence-corrected chi connectivity index (χ1v) is 10.2. The van der Waals surface area contributed by atoms with Crippen LogP contribution in [0, 0.1) is 5.92 Å². The van der Waals surface area contributed by atoms with E-state index in [1.165, 1.54) is 0 Å². The number of carbonyl (C=O) groups is 2. The number of rotatable bonds is 12. The number of carbonyl (C=O) groups excluding carboxylic acids is 2. The van der Waals surface area contributed by atoms with Gasteiger partial charge in [-0.1, -0.05) is 41.2 Å². The summed E-state index contributed by atoms with van der Waals surface area (Å²) in [5, 5.41) is 6.15. The van der Waals surface area contributed by atoms with Crippen LogP contribution in [0.25, 0.3) is 0 Å². The summed E-state index contributed by atoms with van der Waals surface area (Å²) >= 11 is 0. The van der Waals surface area contributed by atoms with Gasteiger partial charge in [-0.3, -0.25) is 10.1 Å². The number of amides is 1. The Hall–Kier alpha value is -0.720. The molecule has 132 valence electrons. The summed E-state index contributed by atoms with van der Waals surface area (Å²) in [7, 11) is 3.42. The Kier molecular flexibility index (Phi) is 11.4. The Bertz CT molecular complexity index is 423. The van der Waals surface area contributed by atoms with Gasteiger partial charge in [-0.2, -0.15) is 0 Å². The van der Waals surface area contributed by atoms with Crippen LogP contribution < -0.4 is 10.6 Å². The van der Waals surface area contributed by atoms with E-state index in [-0.39, 0.29) is 22.7 Å². The van der Waals surface area contributed by atoms with Crippen molar-refractivity contribution < 1.29 is 9.59 Å². The van der Waals surface area contributed by atoms with E-state index in [1.54, 1.807) is 27.7 Å². The molecule has 2 N–H and O–H groups in total. The fourth-order valence-electron chi connectivity index (χ4n) is 1.86. The van der Waals surface area contributed by atoms with Gasteiger partial charge in [-0.15, -0.1) is 0 Å². The van der Waals surface area contributed by atoms with Crippen LogP contribution in [0.1, 0.15) is 47.5 Å². The highest BCUT2D eigenvalue weighted by molar-refractivity contribution is 8.77. The fraction of sp³-hybridized carbons (Fsp3) is 0.647. The molecule has 0 aliphatic heterocycles. The lowest BCUT2D eigenvalue weighted by molar-refractivity contribution is -0.122. The minimum Gasteiger partial charge on any atom is -0.325 e. The van der Waals surface area contributed by atoms with Crippen molar-refractivity contribution in [2.45, 2.75) is 58.4 Å². The molecule has 0 saturated carbocycles. The normalized spacial score (nSPS) is 14.9. The standard InChI is InChI=1S/C17H30N2O2S2/c1-7-14(12-20)10-11-22-23-17(5,6)19-13(4)16(21)18-15(8-2)9-3/h8-9,12-14,19H,2,7,10-11H2,1,3-6H3,(H,18,21)/b15-9+/t13-,14?/m0/s1. The predicted molar refractivity (Wildman–Crippen MR) is 103 cm³/mol. The molecule has 4 nitrogen and oxygen atoms in total. The Morgan fingerprint density at radius 1 is 1.39 bits per heavy atom. The summed E-state index contributed by atoms with van der Waals surface area (Å²) in [6.45, 7) is 13.5. The van der Waals surface area contributed by atoms with Crippen LogP contribution in [0.2, 0.25) is 0 Å². The Balaban J connectivity index is 4.26. The van der Waals surface area contributed by atoms with E-state index in [4.69, 9.17) is 0 Å². The maximum atomic E-state index is 12.1. The van der Waals surface area contributed by atoms with Crippen LogP contribution in [0.15, 0.2) is 24.4 Å². The second-order valence-electron chi connectivity index (χ2n) is 5.81. The molecule has 1 unspecified atom stereocenters. The predicted octanol–water partition coefficient (Wildman–Crippen LogP) is 3.90. The molecule has 1 amide bonds. The highest BCUT2D eigenvalue weighted by atomic mass is 33.1. The average Bonchev–Trinajstić information content (AvgIpc) is 2.51. The van der Waals surface area contributed by atoms with Gasteiger partial charge in [-0.05, 0) is 46.6 Å². The van der Waals surface area contributed by atoms with E-state index < -0.39 is 0 Å². The topological polar surface area (TPSA) is 58.2 Å². The number of aldehydes is 1. The van der Waals surface area contributed by atoms with E-state index in [0.29, 0.717) is 5.70 Å². The lowest BCUT2D eigenvalue weighted by atomic mass is 10.1. The van der Waals surface area contributed by atoms with Crippen molar-refractivity contribution in [1.82, 2.24) is 10.6 Å². The zero-order valence-electron chi connectivity index (χ0n) is 14.8. The molecule has 0 aromatic carbocycles. The molecule has 0 radical (unpaired) electrons. The molecule has 2 atom stereocenters. The first kappa shape index (κ1) is 22.3. The molecular weight excluding hydrogens is 328 g/mol. The molecule has 0 aliphatic carbocycles. The van der Waals surface area contributed by atoms with Crippen LogP contribution in [0.4, 0.5) is 0 Å². The van der Waals surface area contributed by atoms with E-state index >= 15 is 0 Å². The molecule has 6 heteroatoms. The lowest BCUT2D eigenvalue weighted by Gasteiger charge is -2.28. The highest BCUT2D eigenvalue weighted by Gasteiger charge is 2.24. The zero-order chi connectivity index (χ0) is 17.9. The summed E-state index contributed by atoms with van der Waals surface area (Å²) in [5.74, 6) is 0.998. The Morgan fingerprint density at radius 3 is 2.52 bits per heavy atom. The number of hydrogen-bond acceptors (Lipinski definition) is 5. The summed E-state index contributed by atoms with van der Waals surface area (Å²) in [6.07, 6.45) is 6.26. The molecule has 0 heterocycles. The van der Waals surface area contributed by atoms with E-state index in [9.17, 15) is 9.59 Å². The van der Waals surface area contributed by atoms with E-state index in [0.717, 1.165) is 24.9 Å². The monoisotopic (exact) mass is 358 g/mol. The summed E-state index contributed by atoms with van der Waals surface area (Å²) in [6, 6.07) is -0.314. The van der Waals surface area contributed by atoms with Crippen molar-refractivity contribution in [3.05, 3.63) is 24.4 Å². The lowest BCUT2D eigenvalue weighted by Crippen LogP contribution is -2.49. The fourth-order valence-corrected chi connectivity index (χ4v) is 4.43. The molecule has 0 aromatic rings. The number of allylic oxidation sites excluding steroid dienone is 2. The third-order valence-corrected chi connectivity index (χ3v) is 6.47. The van der Waals surface area contributed by atoms with Crippen molar-refractivity contribution >= 4 is 33.8 Å². The minimum atomic E-state index is -0.314. The van der Waals surface area contributed by atoms with Gasteiger partial charge in [0.1, 0.15) is 6.29 Å². The summed E-state index contributed by atoms with van der Waals surface area (Å²) < 4.78 is 0. The van der Waals surface area contributed by atoms with E-state index in [1.807, 2.05) is 26.8 Å². The van der Waals surface area contributed by atoms with Gasteiger partial charge in [0.25, 0.3) is 0 Å². The highest BCUT2D eigenvalue weighted by Crippen LogP contribution is 2.35. The Morgan fingerprint density at radius 2 is 2.04 bits per heavy atom. The number of hydrogen-bond donors (Lipinski definition) is 2. The van der Waals surface area contributed by atoms with Gasteiger partial charge in [-0.25, -0.2) is 0 Å². The van der Waals surface area contributed by atoms with Crippen molar-refractivity contribution in [3.63, 3.8) is 0 Å². The maximum Gasteiger partial charge on any atom is 0.241 e. The molecule has 0 spiro atoms. The smallest absolute Gasteiger partial charge is 0.241 e. The van der Waals surface area contributed by atoms with E-state index in [2.05, 4.69) is 31.1 Å². The number of nitrogens with one attached hydrogen (secondary N) is 2. The van der Waals surface area contributed by atoms with Crippen LogP contribution in [0.5, 0.6) is 0 Å². The zero-order valence-corrected chi connectivity index (χ0v) is 16.5. The first-order valence-electron chi connectivity index (χ1n) is 7.92. The van der Waals surface area contributed by atoms with Gasteiger partial charge >= 0.3 is 0 Å². The summed E-state index contributed by atoms with van der Waals surface area (Å²) in [4.78, 5) is 22.7. The van der Waals surface area contributed by atoms with Crippen molar-refractivity contribution in [1.29, 1.82) is 0 Å². The van der Waals surface area contributed by atoms with Gasteiger partial charge in [0.15, 0.2) is 0 Å². The molecule has 0 fully saturated rings. The third kappa shape index (κ3) is 9.89. The van der Waals surface area contributed by atoms with Gasteiger partial charge in [0, 0.05) is 17.4 Å². The SMILES string of the molecule is C=C/C(=C\C)NC(=O)[C@H](C)NC(C)(C)SSCCC(C=O)CC. The van der Waals surface area contributed by atoms with Crippen molar-refractivity contribution in [2.75, 3.05) is 5.75 Å². The van der Waals surface area contributed by atoms with Crippen LogP contribution in [-0.2, 0) is 9.59 Å². The van der Waals surface area contributed by atoms with Gasteiger partial charge in [0.05, 0.1) is 10.9 Å². The maximum absolute atomic E-state index is 12.1. The Labute approximate surface area is 148 Å². The van der Waals surface area contributed by atoms with Crippen molar-refractivity contribution in [2.24, 2.45) is 5.92 Å². The third-order valence-electron chi connectivity index (χ3n) is 3.31. The van der Waals surface area contributed by atoms with Crippen LogP contribution in [-0.4, -0.2) is 28.9 Å². The van der Waals surface area contributed by atoms with Gasteiger partial charge < -0.3 is 10.1 Å². The molecule has 0 aromatic heterocycles. The molecule has 0 rings (SSSR count). The summed E-state index contributed by atoms with van der Waals surface area (Å²) in [5.41, 5.74) is 0.711. The van der Waals surface area contributed by atoms with Crippen molar-refractivity contribution in [3.8, 4) is 0 Å². The van der Waals surface area contributed by atoms with Crippen LogP contribution in [0.3, 0.4) is 0 Å². The van der Waals surface area contributed by atoms with Gasteiger partial charge in [0.2, 0.25) is 5.91 Å². The first-order chi connectivity index (χ1) is 10.8. The average molecular weight is 359 g/mol. The molecule has 0 aliphatic rings. The van der Waals surface area contributed by atoms with Crippen LogP contribution >= 0.6 is 21.6 Å². The quantitative estimate of drug-likeness (QED) is 0.182. The molecule has 0 bridgehead atoms. The molecule has 0 saturated heterocycles. The minimum absolute atomic E-state index is 0.0799. The molecule has 23 heavy (non-hydrogen) atoms. The largest absolute Gasteiger partial charge is 0.325 e. The molecular formula is C17H30N2O2S2. The second-order valence-corrected chi connectivity index (χ2v) is 8.85.